The molecule has 4 nitrogen and oxygen atoms in total. The first-order chi connectivity index (χ1) is 9.04. The minimum absolute atomic E-state index is 0.132. The third kappa shape index (κ3) is 5.22. The summed E-state index contributed by atoms with van der Waals surface area (Å²) in [6.45, 7) is 9.10. The molecule has 1 rings (SSSR count). The maximum atomic E-state index is 11.4. The number of nitrogens with one attached hydrogen (secondary N) is 1. The van der Waals surface area contributed by atoms with E-state index in [-0.39, 0.29) is 5.91 Å². The fourth-order valence-electron chi connectivity index (χ4n) is 1.93. The molecule has 0 spiro atoms. The zero-order chi connectivity index (χ0) is 14.3. The Hall–Kier alpha value is -1.68. The van der Waals surface area contributed by atoms with Crippen molar-refractivity contribution < 1.29 is 9.53 Å². The van der Waals surface area contributed by atoms with Gasteiger partial charge in [0.15, 0.2) is 0 Å². The summed E-state index contributed by atoms with van der Waals surface area (Å²) in [7, 11) is 0. The topological polar surface area (TPSA) is 50.7 Å². The number of hydrazone groups is 1. The number of benzene rings is 1. The SMILES string of the molecule is CCOCCC(=O)N/N=C/c1c(C)cc(C)cc1C. The van der Waals surface area contributed by atoms with Crippen LogP contribution in [0, 0.1) is 20.8 Å². The molecule has 1 amide bonds. The smallest absolute Gasteiger partial charge is 0.242 e. The van der Waals surface area contributed by atoms with Crippen molar-refractivity contribution in [2.24, 2.45) is 5.10 Å². The Labute approximate surface area is 114 Å². The van der Waals surface area contributed by atoms with Crippen LogP contribution in [-0.2, 0) is 9.53 Å². The van der Waals surface area contributed by atoms with E-state index < -0.39 is 0 Å². The number of rotatable bonds is 6. The van der Waals surface area contributed by atoms with Gasteiger partial charge in [0.2, 0.25) is 5.91 Å². The van der Waals surface area contributed by atoms with Crippen LogP contribution < -0.4 is 5.43 Å². The van der Waals surface area contributed by atoms with Crippen molar-refractivity contribution in [3.63, 3.8) is 0 Å². The van der Waals surface area contributed by atoms with Crippen LogP contribution in [0.4, 0.5) is 0 Å². The molecule has 0 fully saturated rings. The molecule has 0 atom stereocenters. The van der Waals surface area contributed by atoms with E-state index in [4.69, 9.17) is 4.74 Å². The van der Waals surface area contributed by atoms with Crippen LogP contribution >= 0.6 is 0 Å². The second-order valence-corrected chi connectivity index (χ2v) is 4.55. The van der Waals surface area contributed by atoms with Gasteiger partial charge in [0, 0.05) is 12.2 Å². The number of amides is 1. The molecule has 0 aliphatic rings. The minimum atomic E-state index is -0.132. The molecule has 1 aromatic carbocycles. The lowest BCUT2D eigenvalue weighted by Crippen LogP contribution is -2.19. The molecule has 1 N–H and O–H groups in total. The molecule has 104 valence electrons. The van der Waals surface area contributed by atoms with Gasteiger partial charge in [-0.05, 0) is 38.8 Å². The lowest BCUT2D eigenvalue weighted by Gasteiger charge is -2.06. The van der Waals surface area contributed by atoms with E-state index in [9.17, 15) is 4.79 Å². The van der Waals surface area contributed by atoms with Gasteiger partial charge in [0.1, 0.15) is 0 Å². The molecular weight excluding hydrogens is 240 g/mol. The predicted molar refractivity (Wildman–Crippen MR) is 77.5 cm³/mol. The molecule has 4 heteroatoms. The van der Waals surface area contributed by atoms with Crippen molar-refractivity contribution in [2.75, 3.05) is 13.2 Å². The monoisotopic (exact) mass is 262 g/mol. The highest BCUT2D eigenvalue weighted by molar-refractivity contribution is 5.85. The Balaban J connectivity index is 2.55. The van der Waals surface area contributed by atoms with Crippen LogP contribution in [0.1, 0.15) is 35.6 Å². The van der Waals surface area contributed by atoms with Crippen LogP contribution in [-0.4, -0.2) is 25.3 Å². The van der Waals surface area contributed by atoms with Crippen LogP contribution in [0.15, 0.2) is 17.2 Å². The molecule has 0 saturated heterocycles. The van der Waals surface area contributed by atoms with Crippen molar-refractivity contribution >= 4 is 12.1 Å². The predicted octanol–water partition coefficient (Wildman–Crippen LogP) is 2.49. The van der Waals surface area contributed by atoms with Gasteiger partial charge in [0.25, 0.3) is 0 Å². The van der Waals surface area contributed by atoms with Crippen LogP contribution in [0.5, 0.6) is 0 Å². The Morgan fingerprint density at radius 2 is 1.95 bits per heavy atom. The highest BCUT2D eigenvalue weighted by Gasteiger charge is 2.02. The van der Waals surface area contributed by atoms with Gasteiger partial charge in [-0.25, -0.2) is 5.43 Å². The fraction of sp³-hybridized carbons (Fsp3) is 0.467. The van der Waals surface area contributed by atoms with E-state index in [1.807, 2.05) is 20.8 Å². The Morgan fingerprint density at radius 1 is 1.32 bits per heavy atom. The van der Waals surface area contributed by atoms with Gasteiger partial charge < -0.3 is 4.74 Å². The first-order valence-electron chi connectivity index (χ1n) is 6.52. The normalized spacial score (nSPS) is 10.9. The zero-order valence-corrected chi connectivity index (χ0v) is 12.1. The summed E-state index contributed by atoms with van der Waals surface area (Å²) in [6, 6.07) is 4.20. The number of carbonyl (C=O) groups is 1. The Bertz CT molecular complexity index is 444. The van der Waals surface area contributed by atoms with Gasteiger partial charge in [-0.2, -0.15) is 5.10 Å². The number of ether oxygens (including phenoxy) is 1. The van der Waals surface area contributed by atoms with E-state index in [0.29, 0.717) is 19.6 Å². The molecule has 19 heavy (non-hydrogen) atoms. The molecule has 1 aromatic rings. The molecule has 0 radical (unpaired) electrons. The largest absolute Gasteiger partial charge is 0.381 e. The first-order valence-corrected chi connectivity index (χ1v) is 6.52. The quantitative estimate of drug-likeness (QED) is 0.486. The number of hydrogen-bond acceptors (Lipinski definition) is 3. The van der Waals surface area contributed by atoms with E-state index in [1.165, 1.54) is 5.56 Å². The van der Waals surface area contributed by atoms with Crippen LogP contribution in [0.25, 0.3) is 0 Å². The summed E-state index contributed by atoms with van der Waals surface area (Å²) < 4.78 is 5.11. The third-order valence-electron chi connectivity index (χ3n) is 2.80. The highest BCUT2D eigenvalue weighted by Crippen LogP contribution is 2.13. The molecule has 0 aromatic heterocycles. The van der Waals surface area contributed by atoms with Gasteiger partial charge in [-0.3, -0.25) is 4.79 Å². The van der Waals surface area contributed by atoms with Crippen LogP contribution in [0.2, 0.25) is 0 Å². The molecule has 0 aliphatic carbocycles. The maximum Gasteiger partial charge on any atom is 0.242 e. The standard InChI is InChI=1S/C15H22N2O2/c1-5-19-7-6-15(18)17-16-10-14-12(3)8-11(2)9-13(14)4/h8-10H,5-7H2,1-4H3,(H,17,18)/b16-10+. The average Bonchev–Trinajstić information content (AvgIpc) is 2.32. The Kier molecular flexibility index (Phi) is 6.22. The first kappa shape index (κ1) is 15.4. The van der Waals surface area contributed by atoms with Crippen molar-refractivity contribution in [3.05, 3.63) is 34.4 Å². The summed E-state index contributed by atoms with van der Waals surface area (Å²) in [5.74, 6) is -0.132. The molecule has 0 aliphatic heterocycles. The van der Waals surface area contributed by atoms with Crippen molar-refractivity contribution in [2.45, 2.75) is 34.1 Å². The summed E-state index contributed by atoms with van der Waals surface area (Å²) >= 11 is 0. The van der Waals surface area contributed by atoms with Crippen molar-refractivity contribution in [1.82, 2.24) is 5.43 Å². The summed E-state index contributed by atoms with van der Waals surface area (Å²) in [4.78, 5) is 11.4. The molecule has 0 heterocycles. The summed E-state index contributed by atoms with van der Waals surface area (Å²) in [5.41, 5.74) is 7.11. The average molecular weight is 262 g/mol. The number of hydrogen-bond donors (Lipinski definition) is 1. The summed E-state index contributed by atoms with van der Waals surface area (Å²) in [6.07, 6.45) is 2.03. The van der Waals surface area contributed by atoms with E-state index in [1.54, 1.807) is 6.21 Å². The van der Waals surface area contributed by atoms with Crippen molar-refractivity contribution in [1.29, 1.82) is 0 Å². The van der Waals surface area contributed by atoms with E-state index >= 15 is 0 Å². The van der Waals surface area contributed by atoms with Crippen molar-refractivity contribution in [3.8, 4) is 0 Å². The molecule has 0 saturated carbocycles. The van der Waals surface area contributed by atoms with E-state index in [0.717, 1.165) is 16.7 Å². The van der Waals surface area contributed by atoms with Gasteiger partial charge in [-0.15, -0.1) is 0 Å². The van der Waals surface area contributed by atoms with Crippen LogP contribution in [0.3, 0.4) is 0 Å². The third-order valence-corrected chi connectivity index (χ3v) is 2.80. The lowest BCUT2D eigenvalue weighted by atomic mass is 10.0. The zero-order valence-electron chi connectivity index (χ0n) is 12.1. The second-order valence-electron chi connectivity index (χ2n) is 4.55. The van der Waals surface area contributed by atoms with E-state index in [2.05, 4.69) is 29.6 Å². The molecule has 0 bridgehead atoms. The fourth-order valence-corrected chi connectivity index (χ4v) is 1.93. The highest BCUT2D eigenvalue weighted by atomic mass is 16.5. The van der Waals surface area contributed by atoms with Gasteiger partial charge >= 0.3 is 0 Å². The minimum Gasteiger partial charge on any atom is -0.381 e. The molecular formula is C15H22N2O2. The number of aryl methyl sites for hydroxylation is 3. The van der Waals surface area contributed by atoms with Gasteiger partial charge in [0.05, 0.1) is 19.2 Å². The van der Waals surface area contributed by atoms with Gasteiger partial charge in [-0.1, -0.05) is 17.7 Å². The number of nitrogens with zero attached hydrogens (tertiary/aromatic N) is 1. The maximum absolute atomic E-state index is 11.4. The summed E-state index contributed by atoms with van der Waals surface area (Å²) in [5, 5.41) is 3.99. The second kappa shape index (κ2) is 7.69. The number of carbonyl (C=O) groups excluding carboxylic acids is 1. The molecule has 0 unspecified atom stereocenters. The Morgan fingerprint density at radius 3 is 2.53 bits per heavy atom. The lowest BCUT2D eigenvalue weighted by molar-refractivity contribution is -0.122.